The van der Waals surface area contributed by atoms with Crippen LogP contribution in [0.25, 0.3) is 0 Å². The first kappa shape index (κ1) is 21.0. The van der Waals surface area contributed by atoms with E-state index in [1.54, 1.807) is 31.2 Å². The molecule has 0 radical (unpaired) electrons. The van der Waals surface area contributed by atoms with E-state index in [2.05, 4.69) is 5.32 Å². The molecule has 0 bridgehead atoms. The number of non-ortho nitro benzene ring substituents is 1. The first-order chi connectivity index (χ1) is 14.3. The van der Waals surface area contributed by atoms with Gasteiger partial charge in [0.05, 0.1) is 26.8 Å². The number of hydrogen-bond acceptors (Lipinski definition) is 5. The molecule has 30 heavy (non-hydrogen) atoms. The number of nitrogens with one attached hydrogen (secondary N) is 1. The van der Waals surface area contributed by atoms with Gasteiger partial charge in [0.25, 0.3) is 11.6 Å². The molecule has 0 spiro atoms. The number of carbonyl (C=O) groups is 2. The van der Waals surface area contributed by atoms with E-state index in [1.807, 2.05) is 19.1 Å². The molecule has 0 unspecified atom stereocenters. The lowest BCUT2D eigenvalue weighted by Crippen LogP contribution is -2.18. The zero-order chi connectivity index (χ0) is 21.8. The third-order valence-corrected chi connectivity index (χ3v) is 4.68. The van der Waals surface area contributed by atoms with Gasteiger partial charge in [-0.2, -0.15) is 0 Å². The van der Waals surface area contributed by atoms with Gasteiger partial charge in [-0.3, -0.25) is 14.9 Å². The third-order valence-electron chi connectivity index (χ3n) is 4.35. The number of amides is 1. The van der Waals surface area contributed by atoms with Crippen LogP contribution in [0.3, 0.4) is 0 Å². The summed E-state index contributed by atoms with van der Waals surface area (Å²) in [4.78, 5) is 36.0. The monoisotopic (exact) mass is 424 g/mol. The Kier molecular flexibility index (Phi) is 6.13. The topological polar surface area (TPSA) is 98.5 Å². The molecule has 3 aromatic carbocycles. The Morgan fingerprint density at radius 3 is 2.43 bits per heavy atom. The Morgan fingerprint density at radius 1 is 1.00 bits per heavy atom. The normalized spacial score (nSPS) is 10.4. The lowest BCUT2D eigenvalue weighted by Gasteiger charge is -2.13. The van der Waals surface area contributed by atoms with E-state index in [0.29, 0.717) is 5.75 Å². The second-order valence-electron chi connectivity index (χ2n) is 6.58. The Balaban J connectivity index is 1.97. The van der Waals surface area contributed by atoms with Gasteiger partial charge in [0.2, 0.25) is 0 Å². The molecule has 0 aliphatic carbocycles. The average Bonchev–Trinajstić information content (AvgIpc) is 2.70. The number of ether oxygens (including phenoxy) is 1. The van der Waals surface area contributed by atoms with Gasteiger partial charge < -0.3 is 10.1 Å². The smallest absolute Gasteiger partial charge is 0.345 e. The standard InChI is InChI=1S/C22H17ClN2O5/c1-13-7-8-14(2)20(11-13)30-22(27)17-10-9-15(25(28)29)12-19(17)24-21(26)16-5-3-4-6-18(16)23/h3-12H,1-2H3,(H,24,26). The number of benzene rings is 3. The molecule has 0 aliphatic rings. The maximum Gasteiger partial charge on any atom is 0.345 e. The van der Waals surface area contributed by atoms with Crippen molar-refractivity contribution in [3.63, 3.8) is 0 Å². The molecule has 0 heterocycles. The minimum Gasteiger partial charge on any atom is -0.423 e. The molecule has 0 saturated heterocycles. The van der Waals surface area contributed by atoms with Crippen LogP contribution in [-0.4, -0.2) is 16.8 Å². The maximum absolute atomic E-state index is 12.8. The van der Waals surface area contributed by atoms with Crippen LogP contribution in [0.15, 0.2) is 60.7 Å². The molecule has 3 rings (SSSR count). The number of rotatable bonds is 5. The Morgan fingerprint density at radius 2 is 1.73 bits per heavy atom. The first-order valence-electron chi connectivity index (χ1n) is 8.90. The minimum atomic E-state index is -0.756. The van der Waals surface area contributed by atoms with Crippen LogP contribution in [0.2, 0.25) is 5.02 Å². The van der Waals surface area contributed by atoms with Gasteiger partial charge in [-0.05, 0) is 49.2 Å². The van der Waals surface area contributed by atoms with E-state index in [9.17, 15) is 19.7 Å². The molecular formula is C22H17ClN2O5. The van der Waals surface area contributed by atoms with Crippen molar-refractivity contribution in [2.45, 2.75) is 13.8 Å². The van der Waals surface area contributed by atoms with Crippen molar-refractivity contribution in [2.75, 3.05) is 5.32 Å². The third kappa shape index (κ3) is 4.64. The van der Waals surface area contributed by atoms with Crippen molar-refractivity contribution in [3.05, 3.63) is 98.1 Å². The molecule has 1 N–H and O–H groups in total. The molecule has 0 saturated carbocycles. The molecule has 3 aromatic rings. The highest BCUT2D eigenvalue weighted by Crippen LogP contribution is 2.27. The van der Waals surface area contributed by atoms with Crippen LogP contribution in [0, 0.1) is 24.0 Å². The van der Waals surface area contributed by atoms with Gasteiger partial charge in [-0.1, -0.05) is 35.9 Å². The van der Waals surface area contributed by atoms with Gasteiger partial charge in [0.1, 0.15) is 5.75 Å². The Bertz CT molecular complexity index is 1160. The number of esters is 1. The molecule has 0 fully saturated rings. The first-order valence-corrected chi connectivity index (χ1v) is 9.28. The van der Waals surface area contributed by atoms with E-state index >= 15 is 0 Å². The number of nitro groups is 1. The SMILES string of the molecule is Cc1ccc(C)c(OC(=O)c2ccc([N+](=O)[O-])cc2NC(=O)c2ccccc2Cl)c1. The fraction of sp³-hybridized carbons (Fsp3) is 0.0909. The summed E-state index contributed by atoms with van der Waals surface area (Å²) in [6.45, 7) is 3.65. The minimum absolute atomic E-state index is 0.0260. The van der Waals surface area contributed by atoms with E-state index < -0.39 is 16.8 Å². The van der Waals surface area contributed by atoms with E-state index in [0.717, 1.165) is 17.2 Å². The van der Waals surface area contributed by atoms with Crippen molar-refractivity contribution in [1.82, 2.24) is 0 Å². The summed E-state index contributed by atoms with van der Waals surface area (Å²) in [6, 6.07) is 15.3. The van der Waals surface area contributed by atoms with Crippen LogP contribution in [0.1, 0.15) is 31.8 Å². The van der Waals surface area contributed by atoms with Gasteiger partial charge in [-0.15, -0.1) is 0 Å². The van der Waals surface area contributed by atoms with Gasteiger partial charge in [-0.25, -0.2) is 4.79 Å². The van der Waals surface area contributed by atoms with Crippen LogP contribution >= 0.6 is 11.6 Å². The number of hydrogen-bond donors (Lipinski definition) is 1. The van der Waals surface area contributed by atoms with Crippen molar-refractivity contribution >= 4 is 34.9 Å². The van der Waals surface area contributed by atoms with Gasteiger partial charge >= 0.3 is 5.97 Å². The molecule has 0 atom stereocenters. The van der Waals surface area contributed by atoms with Crippen molar-refractivity contribution in [1.29, 1.82) is 0 Å². The van der Waals surface area contributed by atoms with Crippen LogP contribution in [0.4, 0.5) is 11.4 Å². The van der Waals surface area contributed by atoms with Crippen molar-refractivity contribution in [2.24, 2.45) is 0 Å². The average molecular weight is 425 g/mol. The summed E-state index contributed by atoms with van der Waals surface area (Å²) in [5, 5.41) is 13.9. The molecule has 8 heteroatoms. The largest absolute Gasteiger partial charge is 0.423 e. The predicted octanol–water partition coefficient (Wildman–Crippen LogP) is 5.34. The Hall–Kier alpha value is -3.71. The second kappa shape index (κ2) is 8.75. The highest BCUT2D eigenvalue weighted by molar-refractivity contribution is 6.34. The number of nitro benzene ring substituents is 1. The Labute approximate surface area is 177 Å². The molecule has 7 nitrogen and oxygen atoms in total. The van der Waals surface area contributed by atoms with Crippen LogP contribution < -0.4 is 10.1 Å². The predicted molar refractivity (Wildman–Crippen MR) is 113 cm³/mol. The molecule has 0 aromatic heterocycles. The molecule has 152 valence electrons. The summed E-state index contributed by atoms with van der Waals surface area (Å²) in [6.07, 6.45) is 0. The van der Waals surface area contributed by atoms with Crippen LogP contribution in [0.5, 0.6) is 5.75 Å². The zero-order valence-corrected chi connectivity index (χ0v) is 16.9. The maximum atomic E-state index is 12.8. The van der Waals surface area contributed by atoms with Gasteiger partial charge in [0.15, 0.2) is 0 Å². The number of nitrogens with zero attached hydrogens (tertiary/aromatic N) is 1. The van der Waals surface area contributed by atoms with Crippen molar-refractivity contribution < 1.29 is 19.2 Å². The summed E-state index contributed by atoms with van der Waals surface area (Å²) >= 11 is 6.05. The lowest BCUT2D eigenvalue weighted by molar-refractivity contribution is -0.384. The number of carbonyl (C=O) groups excluding carboxylic acids is 2. The fourth-order valence-electron chi connectivity index (χ4n) is 2.73. The second-order valence-corrected chi connectivity index (χ2v) is 6.99. The summed E-state index contributed by atoms with van der Waals surface area (Å²) in [7, 11) is 0. The molecule has 0 aliphatic heterocycles. The van der Waals surface area contributed by atoms with E-state index in [1.165, 1.54) is 18.2 Å². The molecular weight excluding hydrogens is 408 g/mol. The van der Waals surface area contributed by atoms with Crippen molar-refractivity contribution in [3.8, 4) is 5.75 Å². The quantitative estimate of drug-likeness (QED) is 0.258. The summed E-state index contributed by atoms with van der Waals surface area (Å²) in [5.41, 5.74) is 1.45. The highest BCUT2D eigenvalue weighted by atomic mass is 35.5. The number of halogens is 1. The lowest BCUT2D eigenvalue weighted by atomic mass is 10.1. The van der Waals surface area contributed by atoms with Gasteiger partial charge in [0, 0.05) is 12.1 Å². The highest BCUT2D eigenvalue weighted by Gasteiger charge is 2.21. The van der Waals surface area contributed by atoms with E-state index in [4.69, 9.17) is 16.3 Å². The zero-order valence-electron chi connectivity index (χ0n) is 16.1. The van der Waals surface area contributed by atoms with E-state index in [-0.39, 0.29) is 27.5 Å². The summed E-state index contributed by atoms with van der Waals surface area (Å²) in [5.74, 6) is -1.00. The fourth-order valence-corrected chi connectivity index (χ4v) is 2.96. The number of anilines is 1. The summed E-state index contributed by atoms with van der Waals surface area (Å²) < 4.78 is 5.48. The van der Waals surface area contributed by atoms with Crippen LogP contribution in [-0.2, 0) is 0 Å². The molecule has 1 amide bonds. The number of aryl methyl sites for hydroxylation is 2.